The van der Waals surface area contributed by atoms with Crippen LogP contribution in [-0.4, -0.2) is 0 Å². The topological polar surface area (TPSA) is 32.8 Å². The van der Waals surface area contributed by atoms with Gasteiger partial charge in [0.25, 0.3) is 0 Å². The van der Waals surface area contributed by atoms with Gasteiger partial charge >= 0.3 is 0 Å². The van der Waals surface area contributed by atoms with E-state index in [9.17, 15) is 0 Å². The highest BCUT2D eigenvalue weighted by molar-refractivity contribution is 6.29. The van der Waals surface area contributed by atoms with Gasteiger partial charge in [-0.1, -0.05) is 204 Å². The molecule has 74 heavy (non-hydrogen) atoms. The second-order valence-electron chi connectivity index (χ2n) is 24.2. The number of benzene rings is 10. The van der Waals surface area contributed by atoms with Gasteiger partial charge in [-0.25, -0.2) is 0 Å². The molecule has 0 aliphatic heterocycles. The summed E-state index contributed by atoms with van der Waals surface area (Å²) in [5.41, 5.74) is 15.0. The lowest BCUT2D eigenvalue weighted by atomic mass is 9.81. The molecule has 0 aliphatic rings. The van der Waals surface area contributed by atoms with E-state index in [-0.39, 0.29) is 21.7 Å². The van der Waals surface area contributed by atoms with Crippen molar-refractivity contribution in [2.75, 3.05) is 9.80 Å². The maximum Gasteiger partial charge on any atom is 0.159 e. The lowest BCUT2D eigenvalue weighted by Crippen LogP contribution is -2.15. The fraction of sp³-hybridized carbons (Fsp3) is 0.257. The summed E-state index contributed by atoms with van der Waals surface area (Å²) in [6.45, 7) is 27.5. The molecule has 0 fully saturated rings. The Kier molecular flexibility index (Phi) is 10.9. The van der Waals surface area contributed by atoms with Gasteiger partial charge in [0, 0.05) is 54.8 Å². The van der Waals surface area contributed by atoms with Crippen molar-refractivity contribution in [1.29, 1.82) is 0 Å². The number of rotatable bonds is 10. The van der Waals surface area contributed by atoms with Gasteiger partial charge in [-0.3, -0.25) is 0 Å². The minimum Gasteiger partial charge on any atom is -0.454 e. The summed E-state index contributed by atoms with van der Waals surface area (Å²) in [6.07, 6.45) is 2.00. The molecule has 12 aromatic rings. The van der Waals surface area contributed by atoms with Crippen LogP contribution in [0, 0.1) is 0 Å². The molecule has 0 saturated carbocycles. The molecule has 0 N–H and O–H groups in total. The van der Waals surface area contributed by atoms with Gasteiger partial charge in [0.2, 0.25) is 0 Å². The van der Waals surface area contributed by atoms with Crippen LogP contribution in [0.5, 0.6) is 0 Å². The Morgan fingerprint density at radius 3 is 1.01 bits per heavy atom. The molecule has 12 rings (SSSR count). The second kappa shape index (κ2) is 17.0. The molecule has 10 aromatic carbocycles. The Hall–Kier alpha value is -7.56. The molecule has 0 atom stereocenters. The molecule has 2 aromatic heterocycles. The zero-order valence-corrected chi connectivity index (χ0v) is 45.3. The summed E-state index contributed by atoms with van der Waals surface area (Å²) in [6, 6.07) is 63.5. The van der Waals surface area contributed by atoms with Crippen molar-refractivity contribution in [1.82, 2.24) is 0 Å². The average Bonchev–Trinajstić information content (AvgIpc) is 3.99. The van der Waals surface area contributed by atoms with Gasteiger partial charge in [0.05, 0.1) is 22.7 Å². The summed E-state index contributed by atoms with van der Waals surface area (Å²) in [7, 11) is 0. The van der Waals surface area contributed by atoms with E-state index >= 15 is 0 Å². The Balaban J connectivity index is 1.12. The van der Waals surface area contributed by atoms with Crippen molar-refractivity contribution < 1.29 is 8.83 Å². The largest absolute Gasteiger partial charge is 0.454 e. The number of anilines is 6. The number of furan rings is 2. The van der Waals surface area contributed by atoms with Gasteiger partial charge in [0.15, 0.2) is 11.2 Å². The zero-order valence-electron chi connectivity index (χ0n) is 45.3. The number of hydrogen-bond acceptors (Lipinski definition) is 4. The first-order valence-corrected chi connectivity index (χ1v) is 26.8. The van der Waals surface area contributed by atoms with Crippen LogP contribution in [0.1, 0.15) is 118 Å². The van der Waals surface area contributed by atoms with Crippen LogP contribution < -0.4 is 9.80 Å². The van der Waals surface area contributed by atoms with Crippen LogP contribution in [0.4, 0.5) is 34.1 Å². The maximum absolute atomic E-state index is 7.21. The normalized spacial score (nSPS) is 13.0. The maximum atomic E-state index is 7.21. The molecule has 0 aliphatic carbocycles. The highest BCUT2D eigenvalue weighted by atomic mass is 16.3. The Morgan fingerprint density at radius 1 is 0.324 bits per heavy atom. The molecular formula is C70H68N2O2. The molecule has 2 heterocycles. The lowest BCUT2D eigenvalue weighted by Gasteiger charge is -2.30. The predicted molar refractivity (Wildman–Crippen MR) is 318 cm³/mol. The Bertz CT molecular complexity index is 3840. The molecule has 370 valence electrons. The summed E-state index contributed by atoms with van der Waals surface area (Å²) in [5.74, 6) is 0. The standard InChI is InChI=1S/C70H68N2O2/c1-13-69(9,10)55-23-15-19-49-51-21-17-25-59(65(51)73-63(49)55)71(47-35-31-45(32-36-47)67(3,4)5)57-41-29-43-28-40-54-58(42-30-44-27-39-53(57)61(43)62(44)54)72(48-37-33-46(34-38-48)68(6,7)8)60-26-18-22-52-50-20-16-24-56(70(11,12)14-2)64(50)74-66(52)60/h15-42H,13-14H2,1-12H3. The lowest BCUT2D eigenvalue weighted by molar-refractivity contribution is 0.500. The summed E-state index contributed by atoms with van der Waals surface area (Å²) >= 11 is 0. The fourth-order valence-corrected chi connectivity index (χ4v) is 11.6. The van der Waals surface area contributed by atoms with Crippen molar-refractivity contribution in [3.63, 3.8) is 0 Å². The van der Waals surface area contributed by atoms with Gasteiger partial charge in [-0.2, -0.15) is 0 Å². The predicted octanol–water partition coefficient (Wildman–Crippen LogP) is 21.3. The molecule has 0 saturated heterocycles. The van der Waals surface area contributed by atoms with Crippen molar-refractivity contribution in [2.24, 2.45) is 0 Å². The van der Waals surface area contributed by atoms with Gasteiger partial charge in [-0.05, 0) is 116 Å². The van der Waals surface area contributed by atoms with E-state index in [1.165, 1.54) is 54.6 Å². The van der Waals surface area contributed by atoms with Crippen molar-refractivity contribution >= 4 is 110 Å². The molecule has 0 unspecified atom stereocenters. The number of nitrogens with zero attached hydrogens (tertiary/aromatic N) is 2. The average molecular weight is 969 g/mol. The molecule has 0 amide bonds. The first kappa shape index (κ1) is 47.4. The zero-order chi connectivity index (χ0) is 51.6. The Morgan fingerprint density at radius 2 is 0.662 bits per heavy atom. The van der Waals surface area contributed by atoms with Crippen LogP contribution in [0.25, 0.3) is 76.2 Å². The van der Waals surface area contributed by atoms with E-state index in [2.05, 4.69) is 263 Å². The quantitative estimate of drug-likeness (QED) is 0.128. The Labute approximate surface area is 436 Å². The number of hydrogen-bond donors (Lipinski definition) is 0. The van der Waals surface area contributed by atoms with E-state index < -0.39 is 0 Å². The van der Waals surface area contributed by atoms with Crippen LogP contribution in [0.15, 0.2) is 179 Å². The highest BCUT2D eigenvalue weighted by Gasteiger charge is 2.30. The molecule has 0 radical (unpaired) electrons. The van der Waals surface area contributed by atoms with E-state index in [0.717, 1.165) is 90.8 Å². The van der Waals surface area contributed by atoms with E-state index in [0.29, 0.717) is 0 Å². The van der Waals surface area contributed by atoms with Gasteiger partial charge in [-0.15, -0.1) is 0 Å². The van der Waals surface area contributed by atoms with Gasteiger partial charge in [0.1, 0.15) is 11.2 Å². The van der Waals surface area contributed by atoms with E-state index in [4.69, 9.17) is 8.83 Å². The first-order valence-electron chi connectivity index (χ1n) is 26.8. The third kappa shape index (κ3) is 7.46. The van der Waals surface area contributed by atoms with Crippen molar-refractivity contribution in [3.8, 4) is 0 Å². The third-order valence-corrected chi connectivity index (χ3v) is 16.8. The highest BCUT2D eigenvalue weighted by Crippen LogP contribution is 2.52. The fourth-order valence-electron chi connectivity index (χ4n) is 11.6. The van der Waals surface area contributed by atoms with Crippen LogP contribution in [0.2, 0.25) is 0 Å². The minimum absolute atomic E-state index is 0.00264. The number of para-hydroxylation sites is 4. The second-order valence-corrected chi connectivity index (χ2v) is 24.2. The molecule has 4 nitrogen and oxygen atoms in total. The summed E-state index contributed by atoms with van der Waals surface area (Å²) < 4.78 is 14.4. The minimum atomic E-state index is -0.0552. The van der Waals surface area contributed by atoms with Crippen LogP contribution >= 0.6 is 0 Å². The molecule has 0 spiro atoms. The SMILES string of the molecule is CCC(C)(C)c1cccc2c1oc1c(N(c3ccc(C(C)(C)C)cc3)c3ccc4ccc5c(N(c6ccc(C(C)(C)C)cc6)c6cccc7c6oc6c(C(C)(C)CC)cccc67)ccc6ccc3c4c65)cccc12. The molecule has 0 bridgehead atoms. The first-order chi connectivity index (χ1) is 35.4. The van der Waals surface area contributed by atoms with Crippen molar-refractivity contribution in [2.45, 2.75) is 118 Å². The third-order valence-electron chi connectivity index (χ3n) is 16.8. The van der Waals surface area contributed by atoms with Gasteiger partial charge < -0.3 is 18.6 Å². The van der Waals surface area contributed by atoms with Crippen molar-refractivity contribution in [3.05, 3.63) is 192 Å². The smallest absolute Gasteiger partial charge is 0.159 e. The molecule has 4 heteroatoms. The summed E-state index contributed by atoms with van der Waals surface area (Å²) in [5, 5.41) is 11.7. The van der Waals surface area contributed by atoms with E-state index in [1.807, 2.05) is 0 Å². The monoisotopic (exact) mass is 969 g/mol. The summed E-state index contributed by atoms with van der Waals surface area (Å²) in [4.78, 5) is 4.88. The molecular weight excluding hydrogens is 901 g/mol. The van der Waals surface area contributed by atoms with Crippen LogP contribution in [0.3, 0.4) is 0 Å². The van der Waals surface area contributed by atoms with E-state index in [1.54, 1.807) is 0 Å². The number of fused-ring (bicyclic) bond motifs is 6. The van der Waals surface area contributed by atoms with Crippen LogP contribution in [-0.2, 0) is 21.7 Å².